The van der Waals surface area contributed by atoms with E-state index < -0.39 is 0 Å². The van der Waals surface area contributed by atoms with Crippen molar-refractivity contribution in [2.24, 2.45) is 5.73 Å². The van der Waals surface area contributed by atoms with Gasteiger partial charge in [-0.1, -0.05) is 12.1 Å². The van der Waals surface area contributed by atoms with E-state index in [1.807, 2.05) is 12.1 Å². The molecule has 1 aromatic carbocycles. The topological polar surface area (TPSA) is 52.3 Å². The van der Waals surface area contributed by atoms with Gasteiger partial charge in [0, 0.05) is 6.54 Å². The van der Waals surface area contributed by atoms with Crippen LogP contribution in [0.3, 0.4) is 0 Å². The minimum absolute atomic E-state index is 0.119. The average Bonchev–Trinajstić information content (AvgIpc) is 2.82. The summed E-state index contributed by atoms with van der Waals surface area (Å²) in [6.07, 6.45) is 4.46. The zero-order valence-corrected chi connectivity index (χ0v) is 9.32. The lowest BCUT2D eigenvalue weighted by Gasteiger charge is -2.11. The fourth-order valence-corrected chi connectivity index (χ4v) is 2.05. The van der Waals surface area contributed by atoms with Crippen LogP contribution in [0.15, 0.2) is 24.3 Å². The molecular weight excluding hydrogens is 202 g/mol. The summed E-state index contributed by atoms with van der Waals surface area (Å²) in [5, 5.41) is 0. The van der Waals surface area contributed by atoms with Gasteiger partial charge in [0.15, 0.2) is 0 Å². The maximum absolute atomic E-state index is 11.8. The van der Waals surface area contributed by atoms with Crippen molar-refractivity contribution in [1.29, 1.82) is 0 Å². The van der Waals surface area contributed by atoms with Crippen molar-refractivity contribution >= 4 is 5.97 Å². The first-order chi connectivity index (χ1) is 7.79. The summed E-state index contributed by atoms with van der Waals surface area (Å²) < 4.78 is 5.42. The molecule has 0 bridgehead atoms. The summed E-state index contributed by atoms with van der Waals surface area (Å²) in [4.78, 5) is 11.8. The lowest BCUT2D eigenvalue weighted by molar-refractivity contribution is 0.0318. The van der Waals surface area contributed by atoms with E-state index in [0.717, 1.165) is 18.4 Å². The van der Waals surface area contributed by atoms with E-state index in [4.69, 9.17) is 10.5 Å². The molecule has 0 heterocycles. The standard InChI is InChI=1S/C13H17NO2/c14-9-10-4-3-5-11(8-10)13(15)16-12-6-1-2-7-12/h3-5,8,12H,1-2,6-7,9,14H2. The van der Waals surface area contributed by atoms with Crippen LogP contribution in [0, 0.1) is 0 Å². The summed E-state index contributed by atoms with van der Waals surface area (Å²) >= 11 is 0. The lowest BCUT2D eigenvalue weighted by Crippen LogP contribution is -2.15. The van der Waals surface area contributed by atoms with Crippen LogP contribution in [0.2, 0.25) is 0 Å². The Kier molecular flexibility index (Phi) is 3.57. The number of hydrogen-bond acceptors (Lipinski definition) is 3. The van der Waals surface area contributed by atoms with E-state index in [1.165, 1.54) is 12.8 Å². The molecule has 1 aromatic rings. The Labute approximate surface area is 95.6 Å². The predicted octanol–water partition coefficient (Wildman–Crippen LogP) is 2.24. The second kappa shape index (κ2) is 5.12. The second-order valence-electron chi connectivity index (χ2n) is 4.22. The van der Waals surface area contributed by atoms with E-state index in [-0.39, 0.29) is 12.1 Å². The van der Waals surface area contributed by atoms with Crippen molar-refractivity contribution in [1.82, 2.24) is 0 Å². The van der Waals surface area contributed by atoms with Gasteiger partial charge in [0.05, 0.1) is 5.56 Å². The van der Waals surface area contributed by atoms with Gasteiger partial charge in [-0.2, -0.15) is 0 Å². The summed E-state index contributed by atoms with van der Waals surface area (Å²) in [5.41, 5.74) is 7.10. The highest BCUT2D eigenvalue weighted by molar-refractivity contribution is 5.89. The molecule has 1 aliphatic rings. The Morgan fingerprint density at radius 2 is 2.12 bits per heavy atom. The van der Waals surface area contributed by atoms with E-state index in [9.17, 15) is 4.79 Å². The van der Waals surface area contributed by atoms with Crippen molar-refractivity contribution < 1.29 is 9.53 Å². The molecule has 2 N–H and O–H groups in total. The van der Waals surface area contributed by atoms with Gasteiger partial charge in [-0.25, -0.2) is 4.79 Å². The number of nitrogens with two attached hydrogens (primary N) is 1. The zero-order valence-electron chi connectivity index (χ0n) is 9.32. The molecule has 0 radical (unpaired) electrons. The third kappa shape index (κ3) is 2.61. The lowest BCUT2D eigenvalue weighted by atomic mass is 10.1. The van der Waals surface area contributed by atoms with Crippen LogP contribution in [0.4, 0.5) is 0 Å². The van der Waals surface area contributed by atoms with Gasteiger partial charge >= 0.3 is 5.97 Å². The Morgan fingerprint density at radius 1 is 1.38 bits per heavy atom. The predicted molar refractivity (Wildman–Crippen MR) is 62.0 cm³/mol. The number of ether oxygens (including phenoxy) is 1. The van der Waals surface area contributed by atoms with Crippen LogP contribution in [0.5, 0.6) is 0 Å². The Hall–Kier alpha value is -1.35. The molecule has 86 valence electrons. The Morgan fingerprint density at radius 3 is 2.81 bits per heavy atom. The van der Waals surface area contributed by atoms with Gasteiger partial charge in [-0.05, 0) is 43.4 Å². The van der Waals surface area contributed by atoms with Gasteiger partial charge < -0.3 is 10.5 Å². The maximum atomic E-state index is 11.8. The molecule has 0 unspecified atom stereocenters. The van der Waals surface area contributed by atoms with Crippen molar-refractivity contribution in [3.05, 3.63) is 35.4 Å². The Bertz CT molecular complexity index is 370. The molecule has 0 aliphatic heterocycles. The van der Waals surface area contributed by atoms with Gasteiger partial charge in [0.1, 0.15) is 6.10 Å². The van der Waals surface area contributed by atoms with E-state index >= 15 is 0 Å². The molecule has 0 atom stereocenters. The number of benzene rings is 1. The molecule has 16 heavy (non-hydrogen) atoms. The molecule has 1 fully saturated rings. The van der Waals surface area contributed by atoms with E-state index in [0.29, 0.717) is 12.1 Å². The molecular formula is C13H17NO2. The van der Waals surface area contributed by atoms with Gasteiger partial charge in [-0.3, -0.25) is 0 Å². The fraction of sp³-hybridized carbons (Fsp3) is 0.462. The maximum Gasteiger partial charge on any atom is 0.338 e. The first-order valence-corrected chi connectivity index (χ1v) is 5.79. The second-order valence-corrected chi connectivity index (χ2v) is 4.22. The molecule has 3 heteroatoms. The third-order valence-electron chi connectivity index (χ3n) is 2.97. The van der Waals surface area contributed by atoms with Crippen LogP contribution < -0.4 is 5.73 Å². The molecule has 3 nitrogen and oxygen atoms in total. The highest BCUT2D eigenvalue weighted by Crippen LogP contribution is 2.22. The quantitative estimate of drug-likeness (QED) is 0.793. The molecule has 1 aliphatic carbocycles. The van der Waals surface area contributed by atoms with Crippen molar-refractivity contribution in [3.8, 4) is 0 Å². The van der Waals surface area contributed by atoms with Crippen LogP contribution in [-0.2, 0) is 11.3 Å². The first kappa shape index (κ1) is 11.1. The summed E-state index contributed by atoms with van der Waals surface area (Å²) in [5.74, 6) is -0.220. The number of carbonyl (C=O) groups is 1. The normalized spacial score (nSPS) is 16.3. The van der Waals surface area contributed by atoms with E-state index in [1.54, 1.807) is 12.1 Å². The Balaban J connectivity index is 2.01. The molecule has 0 aromatic heterocycles. The summed E-state index contributed by atoms with van der Waals surface area (Å²) in [6, 6.07) is 7.33. The van der Waals surface area contributed by atoms with Crippen molar-refractivity contribution in [2.75, 3.05) is 0 Å². The molecule has 0 spiro atoms. The van der Waals surface area contributed by atoms with Crippen LogP contribution in [0.1, 0.15) is 41.6 Å². The van der Waals surface area contributed by atoms with Crippen molar-refractivity contribution in [2.45, 2.75) is 38.3 Å². The summed E-state index contributed by atoms with van der Waals surface area (Å²) in [7, 11) is 0. The molecule has 0 amide bonds. The minimum atomic E-state index is -0.220. The van der Waals surface area contributed by atoms with Crippen LogP contribution in [-0.4, -0.2) is 12.1 Å². The SMILES string of the molecule is NCc1cccc(C(=O)OC2CCCC2)c1. The van der Waals surface area contributed by atoms with Crippen molar-refractivity contribution in [3.63, 3.8) is 0 Å². The molecule has 0 saturated heterocycles. The average molecular weight is 219 g/mol. The number of carbonyl (C=O) groups excluding carboxylic acids is 1. The highest BCUT2D eigenvalue weighted by Gasteiger charge is 2.19. The highest BCUT2D eigenvalue weighted by atomic mass is 16.5. The molecule has 1 saturated carbocycles. The number of esters is 1. The van der Waals surface area contributed by atoms with Crippen LogP contribution in [0.25, 0.3) is 0 Å². The monoisotopic (exact) mass is 219 g/mol. The van der Waals surface area contributed by atoms with Crippen LogP contribution >= 0.6 is 0 Å². The smallest absolute Gasteiger partial charge is 0.338 e. The van der Waals surface area contributed by atoms with Gasteiger partial charge in [-0.15, -0.1) is 0 Å². The first-order valence-electron chi connectivity index (χ1n) is 5.79. The van der Waals surface area contributed by atoms with Gasteiger partial charge in [0.25, 0.3) is 0 Å². The minimum Gasteiger partial charge on any atom is -0.459 e. The van der Waals surface area contributed by atoms with E-state index in [2.05, 4.69) is 0 Å². The zero-order chi connectivity index (χ0) is 11.4. The number of hydrogen-bond donors (Lipinski definition) is 1. The van der Waals surface area contributed by atoms with Gasteiger partial charge in [0.2, 0.25) is 0 Å². The third-order valence-corrected chi connectivity index (χ3v) is 2.97. The summed E-state index contributed by atoms with van der Waals surface area (Å²) in [6.45, 7) is 0.449. The molecule has 2 rings (SSSR count). The fourth-order valence-electron chi connectivity index (χ4n) is 2.05. The largest absolute Gasteiger partial charge is 0.459 e. The number of rotatable bonds is 3.